The van der Waals surface area contributed by atoms with Crippen LogP contribution in [-0.4, -0.2) is 76.6 Å². The molecule has 3 aliphatic rings. The number of carbonyl (C=O) groups excluding carboxylic acids is 2. The Morgan fingerprint density at radius 2 is 1.73 bits per heavy atom. The maximum Gasteiger partial charge on any atom is 0.253 e. The number of rotatable bonds is 5. The van der Waals surface area contributed by atoms with E-state index < -0.39 is 12.0 Å². The van der Waals surface area contributed by atoms with E-state index in [-0.39, 0.29) is 43.7 Å². The molecule has 2 aromatic carbocycles. The van der Waals surface area contributed by atoms with Crippen molar-refractivity contribution in [3.05, 3.63) is 58.6 Å². The molecule has 2 unspecified atom stereocenters. The van der Waals surface area contributed by atoms with Crippen LogP contribution in [0.1, 0.15) is 48.0 Å². The zero-order chi connectivity index (χ0) is 26.2. The number of aliphatic hydroxyl groups excluding tert-OH is 1. The third kappa shape index (κ3) is 5.81. The monoisotopic (exact) mass is 531 g/mol. The summed E-state index contributed by atoms with van der Waals surface area (Å²) < 4.78 is 26.8. The molecule has 3 heterocycles. The summed E-state index contributed by atoms with van der Waals surface area (Å²) >= 11 is 6.66. The van der Waals surface area contributed by atoms with Gasteiger partial charge in [-0.05, 0) is 54.2 Å². The minimum absolute atomic E-state index is 0.0227. The average Bonchev–Trinajstić information content (AvgIpc) is 3.32. The highest BCUT2D eigenvalue weighted by Gasteiger charge is 2.36. The molecule has 198 valence electrons. The van der Waals surface area contributed by atoms with Crippen molar-refractivity contribution in [2.24, 2.45) is 5.92 Å². The predicted octanol–water partition coefficient (Wildman–Crippen LogP) is 4.64. The van der Waals surface area contributed by atoms with Gasteiger partial charge in [0.15, 0.2) is 0 Å². The van der Waals surface area contributed by atoms with Crippen molar-refractivity contribution >= 4 is 23.4 Å². The van der Waals surface area contributed by atoms with Gasteiger partial charge in [-0.2, -0.15) is 0 Å². The van der Waals surface area contributed by atoms with Gasteiger partial charge in [-0.25, -0.2) is 13.8 Å². The molecule has 0 saturated carbocycles. The summed E-state index contributed by atoms with van der Waals surface area (Å²) in [6, 6.07) is 13.0. The van der Waals surface area contributed by atoms with Crippen LogP contribution in [0.25, 0.3) is 11.1 Å². The van der Waals surface area contributed by atoms with E-state index in [9.17, 15) is 23.5 Å². The Morgan fingerprint density at radius 1 is 1.03 bits per heavy atom. The summed E-state index contributed by atoms with van der Waals surface area (Å²) in [5.74, 6) is -2.78. The number of hydrogen-bond acceptors (Lipinski definition) is 4. The lowest BCUT2D eigenvalue weighted by atomic mass is 9.88. The van der Waals surface area contributed by atoms with Crippen LogP contribution < -0.4 is 0 Å². The second kappa shape index (κ2) is 10.7. The van der Waals surface area contributed by atoms with Gasteiger partial charge in [-0.1, -0.05) is 35.9 Å². The van der Waals surface area contributed by atoms with E-state index in [0.29, 0.717) is 42.9 Å². The molecule has 5 rings (SSSR count). The van der Waals surface area contributed by atoms with Crippen LogP contribution in [-0.2, 0) is 11.2 Å². The molecule has 2 aromatic rings. The highest BCUT2D eigenvalue weighted by atomic mass is 35.5. The number of benzene rings is 2. The zero-order valence-electron chi connectivity index (χ0n) is 20.7. The number of carbonyl (C=O) groups is 2. The normalized spacial score (nSPS) is 24.5. The molecule has 2 amide bonds. The van der Waals surface area contributed by atoms with Crippen molar-refractivity contribution in [1.29, 1.82) is 0 Å². The molecule has 0 bridgehead atoms. The number of nitrogens with zero attached hydrogens (tertiary/aromatic N) is 3. The van der Waals surface area contributed by atoms with Crippen LogP contribution in [0.4, 0.5) is 8.78 Å². The number of halogens is 3. The topological polar surface area (TPSA) is 64.1 Å². The Balaban J connectivity index is 1.23. The summed E-state index contributed by atoms with van der Waals surface area (Å²) in [6.45, 7) is 2.17. The Morgan fingerprint density at radius 3 is 2.38 bits per heavy atom. The summed E-state index contributed by atoms with van der Waals surface area (Å²) in [7, 11) is 0. The Kier molecular flexibility index (Phi) is 7.52. The minimum atomic E-state index is -2.69. The van der Waals surface area contributed by atoms with Gasteiger partial charge in [0.1, 0.15) is 0 Å². The fourth-order valence-corrected chi connectivity index (χ4v) is 5.81. The first-order valence-corrected chi connectivity index (χ1v) is 13.4. The molecule has 0 radical (unpaired) electrons. The van der Waals surface area contributed by atoms with Gasteiger partial charge in [-0.15, -0.1) is 0 Å². The average molecular weight is 532 g/mol. The molecule has 1 N–H and O–H groups in total. The quantitative estimate of drug-likeness (QED) is 0.610. The Labute approximate surface area is 220 Å². The van der Waals surface area contributed by atoms with Crippen molar-refractivity contribution in [3.8, 4) is 11.1 Å². The SMILES string of the molecule is O=C(c1ccc(-c2ccc(CC3CN(N4CCCC4=O)CCC3O)c(Cl)c2)cc1)N1CCC(F)(F)CC1. The van der Waals surface area contributed by atoms with E-state index in [4.69, 9.17) is 11.6 Å². The maximum absolute atomic E-state index is 13.4. The zero-order valence-corrected chi connectivity index (χ0v) is 21.5. The summed E-state index contributed by atoms with van der Waals surface area (Å²) in [4.78, 5) is 26.4. The first-order valence-electron chi connectivity index (χ1n) is 13.0. The van der Waals surface area contributed by atoms with Crippen molar-refractivity contribution in [3.63, 3.8) is 0 Å². The van der Waals surface area contributed by atoms with Crippen LogP contribution in [0.2, 0.25) is 5.02 Å². The first-order chi connectivity index (χ1) is 17.7. The molecular weight excluding hydrogens is 500 g/mol. The minimum Gasteiger partial charge on any atom is -0.393 e. The molecule has 6 nitrogen and oxygen atoms in total. The number of alkyl halides is 2. The van der Waals surface area contributed by atoms with Crippen LogP contribution in [0.15, 0.2) is 42.5 Å². The summed E-state index contributed by atoms with van der Waals surface area (Å²) in [5.41, 5.74) is 3.22. The lowest BCUT2D eigenvalue weighted by Crippen LogP contribution is -2.52. The van der Waals surface area contributed by atoms with E-state index in [0.717, 1.165) is 29.7 Å². The van der Waals surface area contributed by atoms with Gasteiger partial charge in [0, 0.05) is 68.5 Å². The highest BCUT2D eigenvalue weighted by molar-refractivity contribution is 6.31. The molecule has 0 spiro atoms. The fraction of sp³-hybridized carbons (Fsp3) is 0.500. The van der Waals surface area contributed by atoms with Crippen LogP contribution >= 0.6 is 11.6 Å². The van der Waals surface area contributed by atoms with Crippen LogP contribution in [0, 0.1) is 5.92 Å². The molecule has 0 aromatic heterocycles. The van der Waals surface area contributed by atoms with Gasteiger partial charge < -0.3 is 10.0 Å². The molecule has 3 aliphatic heterocycles. The number of hydrogen-bond donors (Lipinski definition) is 1. The Bertz CT molecular complexity index is 1150. The smallest absolute Gasteiger partial charge is 0.253 e. The van der Waals surface area contributed by atoms with Gasteiger partial charge in [0.2, 0.25) is 5.91 Å². The fourth-order valence-electron chi connectivity index (χ4n) is 5.55. The van der Waals surface area contributed by atoms with E-state index in [1.807, 2.05) is 35.3 Å². The number of piperidine rings is 2. The van der Waals surface area contributed by atoms with E-state index in [1.54, 1.807) is 12.1 Å². The highest BCUT2D eigenvalue weighted by Crippen LogP contribution is 2.32. The third-order valence-electron chi connectivity index (χ3n) is 7.84. The summed E-state index contributed by atoms with van der Waals surface area (Å²) in [5, 5.41) is 15.1. The number of likely N-dealkylation sites (tertiary alicyclic amines) is 1. The number of hydrazine groups is 1. The van der Waals surface area contributed by atoms with E-state index in [2.05, 4.69) is 5.01 Å². The first kappa shape index (κ1) is 26.1. The predicted molar refractivity (Wildman–Crippen MR) is 137 cm³/mol. The van der Waals surface area contributed by atoms with Crippen molar-refractivity contribution in [2.75, 3.05) is 32.7 Å². The molecule has 2 atom stereocenters. The van der Waals surface area contributed by atoms with Gasteiger partial charge in [-0.3, -0.25) is 14.6 Å². The van der Waals surface area contributed by atoms with E-state index in [1.165, 1.54) is 4.90 Å². The molecule has 3 saturated heterocycles. The number of aliphatic hydroxyl groups is 1. The molecular formula is C28H32ClF2N3O3. The second-order valence-electron chi connectivity index (χ2n) is 10.4. The number of amides is 2. The maximum atomic E-state index is 13.4. The second-order valence-corrected chi connectivity index (χ2v) is 10.8. The van der Waals surface area contributed by atoms with Gasteiger partial charge in [0.25, 0.3) is 11.8 Å². The summed E-state index contributed by atoms with van der Waals surface area (Å²) in [6.07, 6.45) is 1.66. The standard InChI is InChI=1S/C28H32ClF2N3O3/c29-24-17-21(19-3-5-20(6-4-19)27(37)32-14-10-28(30,31)11-15-32)7-8-22(24)16-23-18-33(13-9-25(23)35)34-12-1-2-26(34)36/h3-8,17,23,25,35H,1-2,9-16,18H2. The van der Waals surface area contributed by atoms with Crippen molar-refractivity contribution in [2.45, 2.75) is 50.6 Å². The Hall–Kier alpha value is -2.55. The van der Waals surface area contributed by atoms with Gasteiger partial charge >= 0.3 is 0 Å². The van der Waals surface area contributed by atoms with Crippen molar-refractivity contribution in [1.82, 2.24) is 14.9 Å². The molecule has 0 aliphatic carbocycles. The molecule has 9 heteroatoms. The molecule has 3 fully saturated rings. The largest absolute Gasteiger partial charge is 0.393 e. The van der Waals surface area contributed by atoms with Gasteiger partial charge in [0.05, 0.1) is 6.10 Å². The lowest BCUT2D eigenvalue weighted by molar-refractivity contribution is -0.150. The van der Waals surface area contributed by atoms with Crippen LogP contribution in [0.3, 0.4) is 0 Å². The molecule has 37 heavy (non-hydrogen) atoms. The lowest BCUT2D eigenvalue weighted by Gasteiger charge is -2.40. The third-order valence-corrected chi connectivity index (χ3v) is 8.20. The van der Waals surface area contributed by atoms with E-state index >= 15 is 0 Å². The van der Waals surface area contributed by atoms with Crippen molar-refractivity contribution < 1.29 is 23.5 Å². The van der Waals surface area contributed by atoms with Crippen LogP contribution in [0.5, 0.6) is 0 Å².